The number of amides is 4. The highest BCUT2D eigenvalue weighted by molar-refractivity contribution is 5.87. The van der Waals surface area contributed by atoms with E-state index in [0.29, 0.717) is 11.1 Å². The number of aliphatic hydroxyl groups excluding tert-OH is 3. The zero-order valence-corrected chi connectivity index (χ0v) is 26.6. The smallest absolute Gasteiger partial charge is 0.408 e. The summed E-state index contributed by atoms with van der Waals surface area (Å²) >= 11 is 0. The number of hydrogen-bond acceptors (Lipinski definition) is 9. The molecule has 0 aromatic heterocycles. The quantitative estimate of drug-likeness (QED) is 0.174. The topological polar surface area (TPSA) is 196 Å². The van der Waals surface area contributed by atoms with Crippen LogP contribution in [-0.2, 0) is 19.1 Å². The molecule has 0 saturated heterocycles. The van der Waals surface area contributed by atoms with Crippen LogP contribution in [0.25, 0.3) is 0 Å². The van der Waals surface area contributed by atoms with Crippen LogP contribution in [0, 0.1) is 0 Å². The standard InChI is InChI=1S/C32H46N4O9/c1-31(2,3)44-29(42)35-23(25(38)20-13-9-7-10-14-20)27(40)33-18-17-22(19-37)34-28(41)24(36-30(43)45-32(4,5)6)26(39)21-15-11-8-12-16-21/h7-16,22-26,37-39H,17-19H2,1-6H3,(H,33,40)(H,34,41)(H,35,42)(H,36,43)/t22-,23-,24-,25?,26?/m0/s1. The van der Waals surface area contributed by atoms with E-state index < -0.39 is 72.1 Å². The predicted molar refractivity (Wildman–Crippen MR) is 166 cm³/mol. The van der Waals surface area contributed by atoms with Crippen LogP contribution in [0.2, 0.25) is 0 Å². The molecule has 0 spiro atoms. The van der Waals surface area contributed by atoms with Gasteiger partial charge < -0.3 is 46.1 Å². The monoisotopic (exact) mass is 630 g/mol. The maximum absolute atomic E-state index is 13.3. The molecule has 0 aliphatic carbocycles. The average molecular weight is 631 g/mol. The largest absolute Gasteiger partial charge is 0.444 e. The van der Waals surface area contributed by atoms with Crippen molar-refractivity contribution in [2.45, 2.75) is 89.5 Å². The van der Waals surface area contributed by atoms with Gasteiger partial charge in [0, 0.05) is 6.54 Å². The van der Waals surface area contributed by atoms with Crippen molar-refractivity contribution in [1.29, 1.82) is 0 Å². The van der Waals surface area contributed by atoms with Crippen molar-refractivity contribution in [3.8, 4) is 0 Å². The zero-order valence-electron chi connectivity index (χ0n) is 26.6. The molecule has 0 saturated carbocycles. The highest BCUT2D eigenvalue weighted by Crippen LogP contribution is 2.19. The van der Waals surface area contributed by atoms with Gasteiger partial charge in [-0.05, 0) is 59.1 Å². The number of carbonyl (C=O) groups is 4. The second-order valence-electron chi connectivity index (χ2n) is 12.4. The van der Waals surface area contributed by atoms with Crippen LogP contribution in [0.5, 0.6) is 0 Å². The van der Waals surface area contributed by atoms with E-state index in [1.807, 2.05) is 0 Å². The van der Waals surface area contributed by atoms with E-state index in [1.54, 1.807) is 102 Å². The summed E-state index contributed by atoms with van der Waals surface area (Å²) in [7, 11) is 0. The summed E-state index contributed by atoms with van der Waals surface area (Å²) in [6.45, 7) is 9.31. The minimum Gasteiger partial charge on any atom is -0.444 e. The highest BCUT2D eigenvalue weighted by atomic mass is 16.6. The fourth-order valence-electron chi connectivity index (χ4n) is 4.11. The number of hydrogen-bond donors (Lipinski definition) is 7. The Labute approximate surface area is 263 Å². The minimum absolute atomic E-state index is 0.0230. The van der Waals surface area contributed by atoms with Gasteiger partial charge in [-0.15, -0.1) is 0 Å². The molecule has 13 nitrogen and oxygen atoms in total. The second kappa shape index (κ2) is 16.8. The van der Waals surface area contributed by atoms with Crippen LogP contribution in [0.1, 0.15) is 71.3 Å². The van der Waals surface area contributed by atoms with Gasteiger partial charge in [-0.1, -0.05) is 60.7 Å². The number of aliphatic hydroxyl groups is 3. The number of ether oxygens (including phenoxy) is 2. The number of nitrogens with one attached hydrogen (secondary N) is 4. The Balaban J connectivity index is 2.11. The third kappa shape index (κ3) is 13.1. The third-order valence-electron chi connectivity index (χ3n) is 6.18. The van der Waals surface area contributed by atoms with Crippen LogP contribution < -0.4 is 21.3 Å². The van der Waals surface area contributed by atoms with E-state index in [4.69, 9.17) is 9.47 Å². The van der Waals surface area contributed by atoms with Crippen molar-refractivity contribution in [3.05, 3.63) is 71.8 Å². The van der Waals surface area contributed by atoms with Crippen molar-refractivity contribution in [3.63, 3.8) is 0 Å². The van der Waals surface area contributed by atoms with Crippen LogP contribution in [0.15, 0.2) is 60.7 Å². The van der Waals surface area contributed by atoms with Gasteiger partial charge in [-0.3, -0.25) is 9.59 Å². The van der Waals surface area contributed by atoms with Crippen molar-refractivity contribution in [2.24, 2.45) is 0 Å². The molecule has 7 N–H and O–H groups in total. The highest BCUT2D eigenvalue weighted by Gasteiger charge is 2.34. The lowest BCUT2D eigenvalue weighted by molar-refractivity contribution is -0.127. The Hall–Kier alpha value is -4.20. The van der Waals surface area contributed by atoms with Gasteiger partial charge in [0.25, 0.3) is 0 Å². The molecule has 0 aliphatic rings. The van der Waals surface area contributed by atoms with E-state index in [2.05, 4.69) is 21.3 Å². The molecule has 45 heavy (non-hydrogen) atoms. The first-order valence-electron chi connectivity index (χ1n) is 14.6. The van der Waals surface area contributed by atoms with Gasteiger partial charge in [0.2, 0.25) is 11.8 Å². The van der Waals surface area contributed by atoms with Gasteiger partial charge in [0.1, 0.15) is 35.5 Å². The molecule has 2 unspecified atom stereocenters. The summed E-state index contributed by atoms with van der Waals surface area (Å²) in [5.41, 5.74) is -0.963. The lowest BCUT2D eigenvalue weighted by atomic mass is 10.0. The minimum atomic E-state index is -1.48. The average Bonchev–Trinajstić information content (AvgIpc) is 2.96. The lowest BCUT2D eigenvalue weighted by Gasteiger charge is -2.28. The summed E-state index contributed by atoms with van der Waals surface area (Å²) in [5.74, 6) is -1.53. The number of benzene rings is 2. The first-order valence-corrected chi connectivity index (χ1v) is 14.6. The summed E-state index contributed by atoms with van der Waals surface area (Å²) in [5, 5.41) is 41.9. The molecule has 2 aromatic rings. The van der Waals surface area contributed by atoms with Crippen molar-refractivity contribution in [2.75, 3.05) is 13.2 Å². The third-order valence-corrected chi connectivity index (χ3v) is 6.18. The molecular weight excluding hydrogens is 584 g/mol. The molecule has 0 fully saturated rings. The Kier molecular flexibility index (Phi) is 13.8. The van der Waals surface area contributed by atoms with E-state index in [1.165, 1.54) is 0 Å². The van der Waals surface area contributed by atoms with Gasteiger partial charge in [0.05, 0.1) is 12.6 Å². The molecule has 0 heterocycles. The summed E-state index contributed by atoms with van der Waals surface area (Å²) in [4.78, 5) is 51.4. The molecule has 0 bridgehead atoms. The molecule has 4 amide bonds. The Morgan fingerprint density at radius 3 is 1.44 bits per heavy atom. The number of rotatable bonds is 13. The molecule has 2 rings (SSSR count). The maximum Gasteiger partial charge on any atom is 0.408 e. The van der Waals surface area contributed by atoms with Crippen molar-refractivity contribution >= 4 is 24.0 Å². The van der Waals surface area contributed by atoms with Crippen molar-refractivity contribution < 1.29 is 44.0 Å². The fourth-order valence-corrected chi connectivity index (χ4v) is 4.11. The van der Waals surface area contributed by atoms with E-state index in [0.717, 1.165) is 0 Å². The van der Waals surface area contributed by atoms with Gasteiger partial charge in [-0.2, -0.15) is 0 Å². The first kappa shape index (κ1) is 37.0. The maximum atomic E-state index is 13.3. The molecule has 2 aromatic carbocycles. The Morgan fingerprint density at radius 2 is 1.07 bits per heavy atom. The van der Waals surface area contributed by atoms with E-state index >= 15 is 0 Å². The first-order chi connectivity index (χ1) is 21.0. The molecule has 13 heteroatoms. The normalized spacial score (nSPS) is 15.0. The van der Waals surface area contributed by atoms with Gasteiger partial charge in [0.15, 0.2) is 0 Å². The van der Waals surface area contributed by atoms with E-state index in [9.17, 15) is 34.5 Å². The van der Waals surface area contributed by atoms with Gasteiger partial charge in [-0.25, -0.2) is 9.59 Å². The molecule has 248 valence electrons. The predicted octanol–water partition coefficient (Wildman–Crippen LogP) is 2.22. The summed E-state index contributed by atoms with van der Waals surface area (Å²) < 4.78 is 10.5. The van der Waals surface area contributed by atoms with Crippen LogP contribution in [-0.4, -0.2) is 81.8 Å². The van der Waals surface area contributed by atoms with Crippen LogP contribution in [0.3, 0.4) is 0 Å². The summed E-state index contributed by atoms with van der Waals surface area (Å²) in [6, 6.07) is 12.7. The van der Waals surface area contributed by atoms with Gasteiger partial charge >= 0.3 is 12.2 Å². The fraction of sp³-hybridized carbons (Fsp3) is 0.500. The lowest BCUT2D eigenvalue weighted by Crippen LogP contribution is -2.54. The Bertz CT molecular complexity index is 1250. The Morgan fingerprint density at radius 1 is 0.667 bits per heavy atom. The zero-order chi connectivity index (χ0) is 33.8. The SMILES string of the molecule is CC(C)(C)OC(=O)N[C@H](C(=O)NCC[C@@H](CO)NC(=O)[C@@H](NC(=O)OC(C)(C)C)C(O)c1ccccc1)C(O)c1ccccc1. The van der Waals surface area contributed by atoms with Crippen molar-refractivity contribution in [1.82, 2.24) is 21.3 Å². The van der Waals surface area contributed by atoms with Crippen LogP contribution >= 0.6 is 0 Å². The molecular formula is C32H46N4O9. The number of alkyl carbamates (subject to hydrolysis) is 2. The van der Waals surface area contributed by atoms with E-state index in [-0.39, 0.29) is 13.0 Å². The molecule has 5 atom stereocenters. The second-order valence-corrected chi connectivity index (χ2v) is 12.4. The molecule has 0 radical (unpaired) electrons. The van der Waals surface area contributed by atoms with Crippen LogP contribution in [0.4, 0.5) is 9.59 Å². The molecule has 0 aliphatic heterocycles. The summed E-state index contributed by atoms with van der Waals surface area (Å²) in [6.07, 6.45) is -4.66. The number of carbonyl (C=O) groups excluding carboxylic acids is 4.